The zero-order chi connectivity index (χ0) is 12.4. The second-order valence-electron chi connectivity index (χ2n) is 5.25. The van der Waals surface area contributed by atoms with Crippen LogP contribution in [-0.4, -0.2) is 12.6 Å². The maximum atomic E-state index is 6.03. The van der Waals surface area contributed by atoms with Gasteiger partial charge in [0, 0.05) is 29.8 Å². The number of benzene rings is 1. The van der Waals surface area contributed by atoms with E-state index < -0.39 is 0 Å². The minimum Gasteiger partial charge on any atom is -0.368 e. The zero-order valence-electron chi connectivity index (χ0n) is 10.6. The van der Waals surface area contributed by atoms with Crippen LogP contribution < -0.4 is 10.6 Å². The first-order chi connectivity index (χ1) is 8.11. The van der Waals surface area contributed by atoms with Crippen molar-refractivity contribution in [1.29, 1.82) is 0 Å². The first-order valence-corrected chi connectivity index (χ1v) is 6.74. The fourth-order valence-corrected chi connectivity index (χ4v) is 2.42. The Morgan fingerprint density at radius 1 is 1.41 bits per heavy atom. The van der Waals surface area contributed by atoms with Gasteiger partial charge in [-0.1, -0.05) is 25.4 Å². The monoisotopic (exact) mass is 252 g/mol. The summed E-state index contributed by atoms with van der Waals surface area (Å²) in [6.45, 7) is 6.16. The Kier molecular flexibility index (Phi) is 3.95. The summed E-state index contributed by atoms with van der Waals surface area (Å²) in [7, 11) is 0. The minimum absolute atomic E-state index is 0.553. The Morgan fingerprint density at radius 3 is 2.65 bits per heavy atom. The van der Waals surface area contributed by atoms with Crippen molar-refractivity contribution < 1.29 is 0 Å². The molecule has 0 spiro atoms. The molecule has 1 saturated carbocycles. The highest BCUT2D eigenvalue weighted by Crippen LogP contribution is 2.35. The van der Waals surface area contributed by atoms with Gasteiger partial charge in [0.15, 0.2) is 0 Å². The van der Waals surface area contributed by atoms with Crippen LogP contribution in [0.1, 0.15) is 32.3 Å². The lowest BCUT2D eigenvalue weighted by Crippen LogP contribution is -2.31. The minimum atomic E-state index is 0.553. The van der Waals surface area contributed by atoms with Crippen molar-refractivity contribution in [3.63, 3.8) is 0 Å². The van der Waals surface area contributed by atoms with Gasteiger partial charge in [-0.3, -0.25) is 0 Å². The average molecular weight is 253 g/mol. The molecule has 3 heteroatoms. The molecule has 1 aliphatic carbocycles. The molecule has 2 nitrogen and oxygen atoms in total. The van der Waals surface area contributed by atoms with Crippen molar-refractivity contribution in [3.05, 3.63) is 28.8 Å². The van der Waals surface area contributed by atoms with Gasteiger partial charge in [-0.25, -0.2) is 0 Å². The molecule has 0 saturated heterocycles. The van der Waals surface area contributed by atoms with Gasteiger partial charge in [0.2, 0.25) is 0 Å². The van der Waals surface area contributed by atoms with Gasteiger partial charge in [-0.2, -0.15) is 0 Å². The van der Waals surface area contributed by atoms with Crippen LogP contribution in [0.2, 0.25) is 5.02 Å². The molecule has 2 rings (SSSR count). The summed E-state index contributed by atoms with van der Waals surface area (Å²) in [6.07, 6.45) is 2.61. The third-order valence-corrected chi connectivity index (χ3v) is 3.36. The molecule has 0 unspecified atom stereocenters. The average Bonchev–Trinajstić information content (AvgIpc) is 3.09. The third-order valence-electron chi connectivity index (χ3n) is 3.12. The molecule has 0 heterocycles. The topological polar surface area (TPSA) is 29.3 Å². The van der Waals surface area contributed by atoms with E-state index in [0.29, 0.717) is 18.5 Å². The molecular weight excluding hydrogens is 232 g/mol. The predicted molar refractivity (Wildman–Crippen MR) is 74.5 cm³/mol. The Morgan fingerprint density at radius 2 is 2.12 bits per heavy atom. The van der Waals surface area contributed by atoms with Crippen molar-refractivity contribution in [2.24, 2.45) is 11.7 Å². The molecule has 0 radical (unpaired) electrons. The Bertz CT molecular complexity index is 386. The van der Waals surface area contributed by atoms with Crippen molar-refractivity contribution in [2.75, 3.05) is 11.4 Å². The van der Waals surface area contributed by atoms with E-state index in [9.17, 15) is 0 Å². The van der Waals surface area contributed by atoms with E-state index in [4.69, 9.17) is 17.3 Å². The van der Waals surface area contributed by atoms with Crippen LogP contribution >= 0.6 is 11.6 Å². The quantitative estimate of drug-likeness (QED) is 0.870. The predicted octanol–water partition coefficient (Wildman–Crippen LogP) is 3.42. The molecule has 1 aliphatic rings. The highest BCUT2D eigenvalue weighted by molar-refractivity contribution is 6.30. The van der Waals surface area contributed by atoms with E-state index in [1.807, 2.05) is 12.1 Å². The molecule has 1 aromatic carbocycles. The molecular formula is C14H21ClN2. The first-order valence-electron chi connectivity index (χ1n) is 6.37. The zero-order valence-corrected chi connectivity index (χ0v) is 11.4. The normalized spacial score (nSPS) is 15.4. The van der Waals surface area contributed by atoms with Crippen LogP contribution in [-0.2, 0) is 6.54 Å². The molecule has 0 bridgehead atoms. The number of rotatable bonds is 5. The Balaban J connectivity index is 2.28. The summed E-state index contributed by atoms with van der Waals surface area (Å²) < 4.78 is 0. The Labute approximate surface area is 109 Å². The number of nitrogens with two attached hydrogens (primary N) is 1. The van der Waals surface area contributed by atoms with E-state index in [1.165, 1.54) is 18.5 Å². The summed E-state index contributed by atoms with van der Waals surface area (Å²) in [5, 5.41) is 0.773. The molecule has 1 aromatic rings. The summed E-state index contributed by atoms with van der Waals surface area (Å²) in [5.41, 5.74) is 8.25. The summed E-state index contributed by atoms with van der Waals surface area (Å²) in [6, 6.07) is 6.78. The largest absolute Gasteiger partial charge is 0.368 e. The van der Waals surface area contributed by atoms with E-state index in [1.54, 1.807) is 0 Å². The van der Waals surface area contributed by atoms with Crippen LogP contribution in [0.25, 0.3) is 0 Å². The highest BCUT2D eigenvalue weighted by atomic mass is 35.5. The van der Waals surface area contributed by atoms with Gasteiger partial charge in [-0.05, 0) is 42.5 Å². The molecule has 0 amide bonds. The summed E-state index contributed by atoms with van der Waals surface area (Å²) >= 11 is 6.03. The van der Waals surface area contributed by atoms with Gasteiger partial charge >= 0.3 is 0 Å². The molecule has 2 N–H and O–H groups in total. The first kappa shape index (κ1) is 12.7. The van der Waals surface area contributed by atoms with Crippen LogP contribution in [0.15, 0.2) is 18.2 Å². The number of halogens is 1. The fourth-order valence-electron chi connectivity index (χ4n) is 2.22. The summed E-state index contributed by atoms with van der Waals surface area (Å²) in [5.74, 6) is 0.664. The van der Waals surface area contributed by atoms with Crippen LogP contribution in [0, 0.1) is 5.92 Å². The van der Waals surface area contributed by atoms with E-state index in [-0.39, 0.29) is 0 Å². The van der Waals surface area contributed by atoms with Crippen LogP contribution in [0.4, 0.5) is 5.69 Å². The SMILES string of the molecule is CC(C)CN(c1ccc(Cl)cc1CN)C1CC1. The number of nitrogens with zero attached hydrogens (tertiary/aromatic N) is 1. The van der Waals surface area contributed by atoms with E-state index in [2.05, 4.69) is 24.8 Å². The third kappa shape index (κ3) is 3.14. The number of anilines is 1. The molecule has 0 atom stereocenters. The number of hydrogen-bond acceptors (Lipinski definition) is 2. The van der Waals surface area contributed by atoms with E-state index >= 15 is 0 Å². The smallest absolute Gasteiger partial charge is 0.0415 e. The lowest BCUT2D eigenvalue weighted by molar-refractivity contribution is 0.606. The second kappa shape index (κ2) is 5.28. The second-order valence-corrected chi connectivity index (χ2v) is 5.69. The molecule has 94 valence electrons. The lowest BCUT2D eigenvalue weighted by atomic mass is 10.1. The van der Waals surface area contributed by atoms with Gasteiger partial charge in [0.05, 0.1) is 0 Å². The van der Waals surface area contributed by atoms with Gasteiger partial charge in [0.1, 0.15) is 0 Å². The van der Waals surface area contributed by atoms with Crippen LogP contribution in [0.3, 0.4) is 0 Å². The van der Waals surface area contributed by atoms with Crippen molar-refractivity contribution >= 4 is 17.3 Å². The van der Waals surface area contributed by atoms with Crippen molar-refractivity contribution in [1.82, 2.24) is 0 Å². The number of hydrogen-bond donors (Lipinski definition) is 1. The van der Waals surface area contributed by atoms with Crippen LogP contribution in [0.5, 0.6) is 0 Å². The molecule has 17 heavy (non-hydrogen) atoms. The van der Waals surface area contributed by atoms with Gasteiger partial charge in [0.25, 0.3) is 0 Å². The standard InChI is InChI=1S/C14H21ClN2/c1-10(2)9-17(13-4-5-13)14-6-3-12(15)7-11(14)8-16/h3,6-7,10,13H,4-5,8-9,16H2,1-2H3. The molecule has 0 aromatic heterocycles. The fraction of sp³-hybridized carbons (Fsp3) is 0.571. The molecule has 1 fully saturated rings. The highest BCUT2D eigenvalue weighted by Gasteiger charge is 2.30. The lowest BCUT2D eigenvalue weighted by Gasteiger charge is -2.28. The van der Waals surface area contributed by atoms with Crippen molar-refractivity contribution in [3.8, 4) is 0 Å². The summed E-state index contributed by atoms with van der Waals surface area (Å²) in [4.78, 5) is 2.50. The maximum absolute atomic E-state index is 6.03. The Hall–Kier alpha value is -0.730. The maximum Gasteiger partial charge on any atom is 0.0415 e. The van der Waals surface area contributed by atoms with Gasteiger partial charge < -0.3 is 10.6 Å². The van der Waals surface area contributed by atoms with Crippen molar-refractivity contribution in [2.45, 2.75) is 39.3 Å². The van der Waals surface area contributed by atoms with E-state index in [0.717, 1.165) is 17.1 Å². The molecule has 0 aliphatic heterocycles. The van der Waals surface area contributed by atoms with Gasteiger partial charge in [-0.15, -0.1) is 0 Å².